The van der Waals surface area contributed by atoms with Crippen LogP contribution in [0.4, 0.5) is 26.3 Å². The lowest BCUT2D eigenvalue weighted by molar-refractivity contribution is -0.375. The third kappa shape index (κ3) is 3.85. The minimum absolute atomic E-state index is 0.0296. The van der Waals surface area contributed by atoms with Crippen LogP contribution in [0.15, 0.2) is 42.5 Å². The maximum atomic E-state index is 13.5. The second kappa shape index (κ2) is 7.29. The molecule has 1 heterocycles. The summed E-state index contributed by atoms with van der Waals surface area (Å²) in [7, 11) is 5.60. The minimum atomic E-state index is -5.99. The third-order valence-electron chi connectivity index (χ3n) is 4.66. The summed E-state index contributed by atoms with van der Waals surface area (Å²) in [6.45, 7) is 0. The lowest BCUT2D eigenvalue weighted by Gasteiger charge is -2.33. The summed E-state index contributed by atoms with van der Waals surface area (Å²) in [5.74, 6) is 0. The zero-order valence-corrected chi connectivity index (χ0v) is 15.4. The van der Waals surface area contributed by atoms with E-state index in [4.69, 9.17) is 19.4 Å². The number of alkyl halides is 6. The molecule has 1 aromatic heterocycles. The number of H-pyrrole nitrogens is 1. The summed E-state index contributed by atoms with van der Waals surface area (Å²) in [6, 6.07) is 9.78. The zero-order valence-electron chi connectivity index (χ0n) is 14.6. The Morgan fingerprint density at radius 2 is 1.48 bits per heavy atom. The van der Waals surface area contributed by atoms with E-state index in [2.05, 4.69) is 4.98 Å². The number of hydrogen-bond acceptors (Lipinski definition) is 1. The Morgan fingerprint density at radius 3 is 2.03 bits per heavy atom. The fourth-order valence-corrected chi connectivity index (χ4v) is 3.36. The fourth-order valence-electron chi connectivity index (χ4n) is 3.24. The van der Waals surface area contributed by atoms with Crippen LogP contribution < -0.4 is 5.46 Å². The van der Waals surface area contributed by atoms with E-state index in [0.29, 0.717) is 10.6 Å². The molecule has 0 bridgehead atoms. The van der Waals surface area contributed by atoms with E-state index in [0.717, 1.165) is 6.07 Å². The molecule has 0 aliphatic rings. The van der Waals surface area contributed by atoms with Gasteiger partial charge in [-0.2, -0.15) is 26.3 Å². The molecule has 0 unspecified atom stereocenters. The van der Waals surface area contributed by atoms with Gasteiger partial charge < -0.3 is 10.1 Å². The van der Waals surface area contributed by atoms with Gasteiger partial charge in [-0.3, -0.25) is 0 Å². The first kappa shape index (κ1) is 21.6. The van der Waals surface area contributed by atoms with Crippen molar-refractivity contribution in [3.63, 3.8) is 0 Å². The summed E-state index contributed by atoms with van der Waals surface area (Å²) >= 11 is 5.78. The smallest absolute Gasteiger partial charge is 0.369 e. The second-order valence-corrected chi connectivity index (χ2v) is 7.05. The minimum Gasteiger partial charge on any atom is -0.369 e. The van der Waals surface area contributed by atoms with Gasteiger partial charge in [0.1, 0.15) is 7.85 Å². The van der Waals surface area contributed by atoms with Crippen LogP contribution in [0.1, 0.15) is 16.8 Å². The Kier molecular flexibility index (Phi) is 5.42. The number of halogens is 7. The van der Waals surface area contributed by atoms with E-state index >= 15 is 0 Å². The van der Waals surface area contributed by atoms with E-state index in [1.165, 1.54) is 12.1 Å². The first-order valence-corrected chi connectivity index (χ1v) is 8.73. The molecule has 2 aromatic carbocycles. The van der Waals surface area contributed by atoms with Gasteiger partial charge in [-0.1, -0.05) is 41.3 Å². The van der Waals surface area contributed by atoms with Crippen molar-refractivity contribution in [3.8, 4) is 0 Å². The number of aryl methyl sites for hydroxylation is 2. The molecule has 0 spiro atoms. The van der Waals surface area contributed by atoms with Crippen molar-refractivity contribution in [2.24, 2.45) is 0 Å². The highest BCUT2D eigenvalue weighted by molar-refractivity contribution is 6.33. The highest BCUT2D eigenvalue weighted by Gasteiger charge is 2.72. The molecule has 29 heavy (non-hydrogen) atoms. The van der Waals surface area contributed by atoms with Crippen molar-refractivity contribution in [1.29, 1.82) is 0 Å². The van der Waals surface area contributed by atoms with Gasteiger partial charge in [0.2, 0.25) is 0 Å². The summed E-state index contributed by atoms with van der Waals surface area (Å²) in [5, 5.41) is 10.1. The molecule has 0 amide bonds. The topological polar surface area (TPSA) is 36.0 Å². The van der Waals surface area contributed by atoms with Crippen molar-refractivity contribution in [2.75, 3.05) is 0 Å². The number of aliphatic hydroxyl groups is 1. The van der Waals surface area contributed by atoms with E-state index in [9.17, 15) is 31.4 Å². The van der Waals surface area contributed by atoms with Gasteiger partial charge >= 0.3 is 12.4 Å². The van der Waals surface area contributed by atoms with Crippen LogP contribution in [-0.2, 0) is 18.4 Å². The highest BCUT2D eigenvalue weighted by Crippen LogP contribution is 2.52. The van der Waals surface area contributed by atoms with Crippen molar-refractivity contribution >= 4 is 35.8 Å². The van der Waals surface area contributed by atoms with Gasteiger partial charge in [0.25, 0.3) is 5.60 Å². The van der Waals surface area contributed by atoms with Gasteiger partial charge in [-0.15, -0.1) is 0 Å². The zero-order chi connectivity index (χ0) is 21.6. The molecule has 2 N–H and O–H groups in total. The van der Waals surface area contributed by atoms with E-state index in [1.807, 2.05) is 0 Å². The summed E-state index contributed by atoms with van der Waals surface area (Å²) in [6.07, 6.45) is -12.1. The molecule has 0 fully saturated rings. The lowest BCUT2D eigenvalue weighted by atomic mass is 9.87. The summed E-state index contributed by atoms with van der Waals surface area (Å²) < 4.78 is 81.2. The molecule has 152 valence electrons. The predicted molar refractivity (Wildman–Crippen MR) is 98.6 cm³/mol. The number of benzene rings is 2. The first-order valence-electron chi connectivity index (χ1n) is 8.35. The van der Waals surface area contributed by atoms with E-state index in [-0.39, 0.29) is 29.5 Å². The van der Waals surface area contributed by atoms with Crippen LogP contribution in [0, 0.1) is 0 Å². The van der Waals surface area contributed by atoms with Gasteiger partial charge in [0.15, 0.2) is 0 Å². The highest BCUT2D eigenvalue weighted by atomic mass is 35.5. The quantitative estimate of drug-likeness (QED) is 0.455. The molecule has 10 heteroatoms. The van der Waals surface area contributed by atoms with E-state index < -0.39 is 28.9 Å². The maximum absolute atomic E-state index is 13.5. The van der Waals surface area contributed by atoms with Gasteiger partial charge in [-0.25, -0.2) is 0 Å². The molecule has 0 saturated heterocycles. The Bertz CT molecular complexity index is 1010. The van der Waals surface area contributed by atoms with Gasteiger partial charge in [0.05, 0.1) is 0 Å². The summed E-state index contributed by atoms with van der Waals surface area (Å²) in [4.78, 5) is 2.57. The van der Waals surface area contributed by atoms with Crippen LogP contribution in [0.2, 0.25) is 5.02 Å². The number of fused-ring (bicyclic) bond motifs is 1. The average Bonchev–Trinajstić information content (AvgIpc) is 2.96. The predicted octanol–water partition coefficient (Wildman–Crippen LogP) is 4.71. The SMILES string of the molecule is [B]c1ccc2c(C(O)(C(F)(F)F)C(F)(F)F)c(CCc3ccc(Cl)cc3)[nH]c2c1. The Labute approximate surface area is 167 Å². The Hall–Kier alpha value is -2.13. The molecular formula is C19H13BClF6NO. The molecule has 2 nitrogen and oxygen atoms in total. The summed E-state index contributed by atoms with van der Waals surface area (Å²) in [5.41, 5.74) is -5.90. The Balaban J connectivity index is 2.18. The van der Waals surface area contributed by atoms with Crippen LogP contribution in [0.5, 0.6) is 0 Å². The number of rotatable bonds is 4. The van der Waals surface area contributed by atoms with Crippen LogP contribution in [0.3, 0.4) is 0 Å². The van der Waals surface area contributed by atoms with Crippen molar-refractivity contribution in [1.82, 2.24) is 4.98 Å². The number of nitrogens with one attached hydrogen (secondary N) is 1. The van der Waals surface area contributed by atoms with Crippen LogP contribution >= 0.6 is 11.6 Å². The van der Waals surface area contributed by atoms with E-state index in [1.54, 1.807) is 24.3 Å². The lowest BCUT2D eigenvalue weighted by Crippen LogP contribution is -2.54. The van der Waals surface area contributed by atoms with Crippen LogP contribution in [-0.4, -0.2) is 30.3 Å². The standard InChI is InChI=1S/C19H13BClF6NO/c20-11-4-7-13-15(9-11)28-14(8-3-10-1-5-12(21)6-2-10)16(13)17(29,18(22,23)24)19(25,26)27/h1-2,4-7,9,28-29H,3,8H2. The molecule has 0 aliphatic heterocycles. The van der Waals surface area contributed by atoms with Crippen LogP contribution in [0.25, 0.3) is 10.9 Å². The van der Waals surface area contributed by atoms with Gasteiger partial charge in [0, 0.05) is 27.2 Å². The molecule has 3 rings (SSSR count). The Morgan fingerprint density at radius 1 is 0.897 bits per heavy atom. The number of aromatic amines is 1. The number of aromatic nitrogens is 1. The van der Waals surface area contributed by atoms with Crippen molar-refractivity contribution in [3.05, 3.63) is 64.3 Å². The normalized spacial score (nSPS) is 13.2. The fraction of sp³-hybridized carbons (Fsp3) is 0.263. The van der Waals surface area contributed by atoms with Crippen molar-refractivity contribution in [2.45, 2.75) is 30.8 Å². The molecule has 0 saturated carbocycles. The van der Waals surface area contributed by atoms with Gasteiger partial charge in [-0.05, 0) is 36.6 Å². The molecule has 3 aromatic rings. The third-order valence-corrected chi connectivity index (χ3v) is 4.91. The average molecular weight is 432 g/mol. The second-order valence-electron chi connectivity index (χ2n) is 6.62. The monoisotopic (exact) mass is 431 g/mol. The largest absolute Gasteiger partial charge is 0.430 e. The maximum Gasteiger partial charge on any atom is 0.430 e. The molecular weight excluding hydrogens is 418 g/mol. The van der Waals surface area contributed by atoms with Crippen molar-refractivity contribution < 1.29 is 31.4 Å². The number of hydrogen-bond donors (Lipinski definition) is 2. The molecule has 0 atom stereocenters. The first-order chi connectivity index (χ1) is 13.3. The molecule has 0 aliphatic carbocycles. The molecule has 2 radical (unpaired) electrons.